The first kappa shape index (κ1) is 29.1. The number of halogens is 1. The summed E-state index contributed by atoms with van der Waals surface area (Å²) in [4.78, 5) is 23.7. The number of hydrogen-bond donors (Lipinski definition) is 4. The molecule has 0 spiro atoms. The van der Waals surface area contributed by atoms with Crippen LogP contribution < -0.4 is 10.6 Å². The lowest BCUT2D eigenvalue weighted by molar-refractivity contribution is -0.360. The van der Waals surface area contributed by atoms with E-state index in [1.807, 2.05) is 36.0 Å². The number of ether oxygens (including phenoxy) is 5. The van der Waals surface area contributed by atoms with Crippen LogP contribution in [0.25, 0.3) is 0 Å². The second-order valence-corrected chi connectivity index (χ2v) is 12.2. The Balaban J connectivity index is 1.01. The Kier molecular flexibility index (Phi) is 10.0. The summed E-state index contributed by atoms with van der Waals surface area (Å²) in [7, 11) is 0. The van der Waals surface area contributed by atoms with Crippen LogP contribution in [0.1, 0.15) is 43.1 Å². The maximum atomic E-state index is 12.2. The molecule has 4 saturated heterocycles. The SMILES string of the molecule is O=C1N[C@H]2[C@H](CS[C@H]2CCCCC(=O)OCc2ccc(C3O[13CH2][13C@H]4O[13C@@H](O[13CH2][13CH2]Br)[13C@H](O)[13C@@H](O)[13CH]4O3)cc2)N1. The van der Waals surface area contributed by atoms with Crippen LogP contribution in [0.4, 0.5) is 4.79 Å². The molecule has 13 heteroatoms. The summed E-state index contributed by atoms with van der Waals surface area (Å²) in [6.07, 6.45) is -2.43. The number of esters is 1. The lowest BCUT2D eigenvalue weighted by Gasteiger charge is -2.46. The van der Waals surface area contributed by atoms with Gasteiger partial charge in [-0.05, 0) is 18.4 Å². The Labute approximate surface area is 239 Å². The van der Waals surface area contributed by atoms with Crippen molar-refractivity contribution in [2.75, 3.05) is 24.3 Å². The van der Waals surface area contributed by atoms with Crippen LogP contribution in [0.2, 0.25) is 0 Å². The fourth-order valence-corrected chi connectivity index (χ4v) is 7.04. The third-order valence-electron chi connectivity index (χ3n) is 7.40. The van der Waals surface area contributed by atoms with Gasteiger partial charge in [0.2, 0.25) is 0 Å². The molecule has 0 aromatic heterocycles. The van der Waals surface area contributed by atoms with Crippen LogP contribution in [0.5, 0.6) is 0 Å². The molecule has 0 saturated carbocycles. The van der Waals surface area contributed by atoms with Gasteiger partial charge in [-0.2, -0.15) is 11.8 Å². The Bertz CT molecular complexity index is 987. The zero-order valence-electron chi connectivity index (χ0n) is 21.4. The molecule has 1 aromatic rings. The lowest BCUT2D eigenvalue weighted by atomic mass is 10.0. The molecule has 0 bridgehead atoms. The number of unbranched alkanes of at least 4 members (excludes halogenated alkanes) is 1. The number of aliphatic hydroxyl groups is 2. The van der Waals surface area contributed by atoms with Crippen LogP contribution in [0, 0.1) is 0 Å². The van der Waals surface area contributed by atoms with E-state index in [4.69, 9.17) is 23.7 Å². The maximum absolute atomic E-state index is 12.2. The number of hydrogen-bond acceptors (Lipinski definition) is 10. The number of carbonyl (C=O) groups excluding carboxylic acids is 2. The van der Waals surface area contributed by atoms with Crippen molar-refractivity contribution in [1.29, 1.82) is 0 Å². The molecular formula is C26H35BrN2O9S. The summed E-state index contributed by atoms with van der Waals surface area (Å²) >= 11 is 5.13. The second-order valence-electron chi connectivity index (χ2n) is 10.1. The highest BCUT2D eigenvalue weighted by molar-refractivity contribution is 9.09. The number of urea groups is 1. The minimum Gasteiger partial charge on any atom is -0.461 e. The molecule has 216 valence electrons. The lowest BCUT2D eigenvalue weighted by Crippen LogP contribution is -2.62. The van der Waals surface area contributed by atoms with Gasteiger partial charge in [0.25, 0.3) is 0 Å². The third-order valence-corrected chi connectivity index (χ3v) is 9.23. The van der Waals surface area contributed by atoms with Crippen LogP contribution in [0.15, 0.2) is 24.3 Å². The van der Waals surface area contributed by atoms with Crippen molar-refractivity contribution in [3.8, 4) is 0 Å². The Morgan fingerprint density at radius 2 is 1.95 bits per heavy atom. The van der Waals surface area contributed by atoms with Gasteiger partial charge in [-0.15, -0.1) is 0 Å². The Hall–Kier alpha value is -1.45. The highest BCUT2D eigenvalue weighted by atomic mass is 79.9. The van der Waals surface area contributed by atoms with Crippen LogP contribution in [-0.2, 0) is 35.1 Å². The predicted octanol–water partition coefficient (Wildman–Crippen LogP) is 1.73. The molecule has 2 unspecified atom stereocenters. The molecule has 5 rings (SSSR count). The van der Waals surface area contributed by atoms with Crippen molar-refractivity contribution in [2.45, 2.75) is 86.6 Å². The number of benzene rings is 1. The van der Waals surface area contributed by atoms with E-state index in [1.54, 1.807) is 0 Å². The molecule has 39 heavy (non-hydrogen) atoms. The van der Waals surface area contributed by atoms with Crippen molar-refractivity contribution in [2.24, 2.45) is 0 Å². The average Bonchev–Trinajstić information content (AvgIpc) is 3.50. The minimum atomic E-state index is -1.23. The molecule has 4 heterocycles. The zero-order chi connectivity index (χ0) is 27.4. The van der Waals surface area contributed by atoms with Crippen LogP contribution >= 0.6 is 27.7 Å². The van der Waals surface area contributed by atoms with Crippen molar-refractivity contribution in [1.82, 2.24) is 10.6 Å². The van der Waals surface area contributed by atoms with Gasteiger partial charge in [-0.25, -0.2) is 4.79 Å². The Morgan fingerprint density at radius 3 is 2.74 bits per heavy atom. The molecule has 0 radical (unpaired) electrons. The largest absolute Gasteiger partial charge is 0.461 e. The first-order chi connectivity index (χ1) is 18.9. The fourth-order valence-electron chi connectivity index (χ4n) is 5.31. The quantitative estimate of drug-likeness (QED) is 0.0930. The minimum absolute atomic E-state index is 0.0816. The topological polar surface area (TPSA) is 145 Å². The number of rotatable bonds is 11. The molecule has 4 fully saturated rings. The monoisotopic (exact) mass is 638 g/mol. The zero-order valence-corrected chi connectivity index (χ0v) is 23.8. The van der Waals surface area contributed by atoms with E-state index < -0.39 is 37.0 Å². The van der Waals surface area contributed by atoms with Crippen LogP contribution in [0.3, 0.4) is 0 Å². The predicted molar refractivity (Wildman–Crippen MR) is 144 cm³/mol. The number of carbonyl (C=O) groups is 2. The summed E-state index contributed by atoms with van der Waals surface area (Å²) in [5.41, 5.74) is 1.57. The van der Waals surface area contributed by atoms with E-state index in [0.717, 1.165) is 36.1 Å². The van der Waals surface area contributed by atoms with Gasteiger partial charge in [0.1, 0.15) is 31.0 Å². The van der Waals surface area contributed by atoms with Gasteiger partial charge < -0.3 is 44.5 Å². The maximum Gasteiger partial charge on any atom is 0.315 e. The second kappa shape index (κ2) is 13.5. The van der Waals surface area contributed by atoms with Crippen molar-refractivity contribution >= 4 is 39.7 Å². The van der Waals surface area contributed by atoms with Gasteiger partial charge in [0, 0.05) is 28.3 Å². The summed E-state index contributed by atoms with van der Waals surface area (Å²) in [5.74, 6) is 0.697. The van der Waals surface area contributed by atoms with Gasteiger partial charge in [0.05, 0.1) is 25.3 Å². The summed E-state index contributed by atoms with van der Waals surface area (Å²) in [6, 6.07) is 7.65. The number of aliphatic hydroxyl groups excluding tert-OH is 2. The normalized spacial score (nSPS) is 35.6. The van der Waals surface area contributed by atoms with Crippen LogP contribution in [-0.4, -0.2) is 94.5 Å². The molecule has 9 atom stereocenters. The smallest absolute Gasteiger partial charge is 0.315 e. The van der Waals surface area contributed by atoms with E-state index in [-0.39, 0.29) is 37.3 Å². The molecule has 4 aliphatic rings. The standard InChI is InChI=1S/C26H35BrN2O9S/c27-9-10-34-25-22(32)21(31)23-17(37-25)12-36-24(38-23)15-7-5-14(6-8-15)11-35-19(30)4-2-1-3-18-20-16(13-39-18)28-26(33)29-20/h5-8,16-18,20-25,31-32H,1-4,9-13H2,(H2,28,29,33)/t16-,17+,18-,20-,21+,22+,23?,24?,25+/m0/s1/i9+1,10+1,12+1,17+1,21+1,22+1,23+1,25+1. The number of amides is 2. The number of nitrogens with one attached hydrogen (secondary N) is 2. The van der Waals surface area contributed by atoms with E-state index in [9.17, 15) is 19.8 Å². The van der Waals surface area contributed by atoms with E-state index in [0.29, 0.717) is 23.6 Å². The molecule has 1 aromatic carbocycles. The van der Waals surface area contributed by atoms with Gasteiger partial charge in [-0.3, -0.25) is 4.79 Å². The van der Waals surface area contributed by atoms with Gasteiger partial charge >= 0.3 is 12.0 Å². The summed E-state index contributed by atoms with van der Waals surface area (Å²) in [6.45, 7) is 0.682. The molecule has 0 aliphatic carbocycles. The number of thioether (sulfide) groups is 1. The van der Waals surface area contributed by atoms with Gasteiger partial charge in [0.15, 0.2) is 12.6 Å². The average molecular weight is 639 g/mol. The number of fused-ring (bicyclic) bond motifs is 2. The van der Waals surface area contributed by atoms with E-state index in [1.165, 1.54) is 0 Å². The molecular weight excluding hydrogens is 604 g/mol. The molecule has 4 N–H and O–H groups in total. The number of alkyl halides is 1. The first-order valence-electron chi connectivity index (χ1n) is 13.3. The molecule has 11 nitrogen and oxygen atoms in total. The Morgan fingerprint density at radius 1 is 1.13 bits per heavy atom. The van der Waals surface area contributed by atoms with E-state index >= 15 is 0 Å². The van der Waals surface area contributed by atoms with Crippen molar-refractivity contribution in [3.05, 3.63) is 35.4 Å². The van der Waals surface area contributed by atoms with Crippen molar-refractivity contribution in [3.63, 3.8) is 0 Å². The fraction of sp³-hybridized carbons (Fsp3) is 0.692. The highest BCUT2D eigenvalue weighted by Crippen LogP contribution is 2.35. The molecule has 4 aliphatic heterocycles. The van der Waals surface area contributed by atoms with E-state index in [2.05, 4.69) is 26.6 Å². The van der Waals surface area contributed by atoms with Gasteiger partial charge in [-0.1, -0.05) is 46.6 Å². The summed E-state index contributed by atoms with van der Waals surface area (Å²) in [5, 5.41) is 27.8. The first-order valence-corrected chi connectivity index (χ1v) is 15.5. The van der Waals surface area contributed by atoms with Crippen molar-refractivity contribution < 1.29 is 43.5 Å². The highest BCUT2D eigenvalue weighted by Gasteiger charge is 2.49. The third kappa shape index (κ3) is 7.07. The summed E-state index contributed by atoms with van der Waals surface area (Å²) < 4.78 is 28.4. The molecule has 2 amide bonds.